The topological polar surface area (TPSA) is 55.4 Å². The molecule has 0 aliphatic rings. The molecule has 120 valence electrons. The second-order valence-electron chi connectivity index (χ2n) is 4.71. The number of thiophene rings is 1. The van der Waals surface area contributed by atoms with Gasteiger partial charge in [0.15, 0.2) is 0 Å². The Morgan fingerprint density at radius 3 is 2.74 bits per heavy atom. The zero-order valence-electron chi connectivity index (χ0n) is 12.5. The number of ether oxygens (including phenoxy) is 1. The largest absolute Gasteiger partial charge is 0.469 e. The Balaban J connectivity index is 2.12. The van der Waals surface area contributed by atoms with Crippen LogP contribution in [0.2, 0.25) is 5.02 Å². The molecule has 1 heterocycles. The van der Waals surface area contributed by atoms with Gasteiger partial charge in [-0.05, 0) is 29.2 Å². The molecular formula is C17H16ClNO3S. The average Bonchev–Trinajstić information content (AvgIpc) is 3.06. The second-order valence-corrected chi connectivity index (χ2v) is 6.10. The maximum Gasteiger partial charge on any atom is 0.307 e. The van der Waals surface area contributed by atoms with Crippen LogP contribution in [-0.4, -0.2) is 19.0 Å². The molecular weight excluding hydrogens is 334 g/mol. The van der Waals surface area contributed by atoms with Crippen molar-refractivity contribution in [1.29, 1.82) is 0 Å². The van der Waals surface area contributed by atoms with Crippen LogP contribution in [0, 0.1) is 0 Å². The zero-order valence-corrected chi connectivity index (χ0v) is 14.1. The Labute approximate surface area is 143 Å². The van der Waals surface area contributed by atoms with Crippen LogP contribution in [0.3, 0.4) is 0 Å². The Hall–Kier alpha value is -2.11. The van der Waals surface area contributed by atoms with E-state index in [0.29, 0.717) is 10.6 Å². The summed E-state index contributed by atoms with van der Waals surface area (Å²) >= 11 is 7.70. The summed E-state index contributed by atoms with van der Waals surface area (Å²) in [7, 11) is 1.31. The number of halogens is 1. The van der Waals surface area contributed by atoms with Gasteiger partial charge >= 0.3 is 5.97 Å². The van der Waals surface area contributed by atoms with E-state index in [1.165, 1.54) is 24.5 Å². The molecule has 23 heavy (non-hydrogen) atoms. The van der Waals surface area contributed by atoms with Gasteiger partial charge in [-0.1, -0.05) is 35.9 Å². The standard InChI is InChI=1S/C17H16ClNO3S/c1-22-17(21)11-15(13-6-2-3-7-14(13)18)19-16(20)9-8-12-5-4-10-23-12/h2-10,15H,11H2,1H3,(H,19,20)/b9-8+. The Morgan fingerprint density at radius 1 is 1.30 bits per heavy atom. The fourth-order valence-corrected chi connectivity index (χ4v) is 2.90. The lowest BCUT2D eigenvalue weighted by molar-refractivity contribution is -0.141. The van der Waals surface area contributed by atoms with Crippen molar-refractivity contribution in [1.82, 2.24) is 5.32 Å². The number of nitrogens with one attached hydrogen (secondary N) is 1. The zero-order chi connectivity index (χ0) is 16.7. The van der Waals surface area contributed by atoms with E-state index in [0.717, 1.165) is 4.88 Å². The van der Waals surface area contributed by atoms with Crippen molar-refractivity contribution in [2.45, 2.75) is 12.5 Å². The molecule has 0 fully saturated rings. The van der Waals surface area contributed by atoms with Crippen molar-refractivity contribution < 1.29 is 14.3 Å². The Morgan fingerprint density at radius 2 is 2.09 bits per heavy atom. The average molecular weight is 350 g/mol. The first-order valence-electron chi connectivity index (χ1n) is 6.93. The van der Waals surface area contributed by atoms with E-state index in [4.69, 9.17) is 16.3 Å². The van der Waals surface area contributed by atoms with Gasteiger partial charge in [0.05, 0.1) is 19.6 Å². The Kier molecular flexibility index (Phi) is 6.38. The van der Waals surface area contributed by atoms with Crippen LogP contribution in [-0.2, 0) is 14.3 Å². The molecule has 0 aliphatic carbocycles. The second kappa shape index (κ2) is 8.50. The summed E-state index contributed by atoms with van der Waals surface area (Å²) < 4.78 is 4.69. The van der Waals surface area contributed by atoms with Crippen molar-refractivity contribution >= 4 is 40.9 Å². The summed E-state index contributed by atoms with van der Waals surface area (Å²) in [5, 5.41) is 5.22. The van der Waals surface area contributed by atoms with Gasteiger partial charge in [-0.25, -0.2) is 0 Å². The van der Waals surface area contributed by atoms with E-state index in [1.807, 2.05) is 17.5 Å². The number of hydrogen-bond donors (Lipinski definition) is 1. The summed E-state index contributed by atoms with van der Waals surface area (Å²) in [5.41, 5.74) is 0.678. The first-order chi connectivity index (χ1) is 11.1. The molecule has 1 unspecified atom stereocenters. The van der Waals surface area contributed by atoms with Crippen molar-refractivity contribution in [2.75, 3.05) is 7.11 Å². The number of benzene rings is 1. The van der Waals surface area contributed by atoms with Crippen LogP contribution in [0.15, 0.2) is 47.9 Å². The molecule has 1 N–H and O–H groups in total. The van der Waals surface area contributed by atoms with Gasteiger partial charge in [-0.15, -0.1) is 11.3 Å². The predicted octanol–water partition coefficient (Wildman–Crippen LogP) is 3.84. The van der Waals surface area contributed by atoms with Gasteiger partial charge < -0.3 is 10.1 Å². The molecule has 1 aromatic heterocycles. The molecule has 0 spiro atoms. The normalized spacial score (nSPS) is 12.1. The maximum atomic E-state index is 12.1. The maximum absolute atomic E-state index is 12.1. The molecule has 0 radical (unpaired) electrons. The number of rotatable bonds is 6. The van der Waals surface area contributed by atoms with Crippen LogP contribution < -0.4 is 5.32 Å². The lowest BCUT2D eigenvalue weighted by Gasteiger charge is -2.18. The molecule has 2 rings (SSSR count). The summed E-state index contributed by atoms with van der Waals surface area (Å²) in [6, 6.07) is 10.4. The minimum absolute atomic E-state index is 0.0127. The highest BCUT2D eigenvalue weighted by atomic mass is 35.5. The van der Waals surface area contributed by atoms with Gasteiger partial charge in [-0.3, -0.25) is 9.59 Å². The highest BCUT2D eigenvalue weighted by Crippen LogP contribution is 2.25. The molecule has 0 saturated heterocycles. The van der Waals surface area contributed by atoms with Gasteiger partial charge in [0.2, 0.25) is 5.91 Å². The van der Waals surface area contributed by atoms with Crippen LogP contribution in [0.5, 0.6) is 0 Å². The van der Waals surface area contributed by atoms with Crippen molar-refractivity contribution in [2.24, 2.45) is 0 Å². The quantitative estimate of drug-likeness (QED) is 0.637. The molecule has 1 amide bonds. The molecule has 1 atom stereocenters. The SMILES string of the molecule is COC(=O)CC(NC(=O)/C=C/c1cccs1)c1ccccc1Cl. The minimum Gasteiger partial charge on any atom is -0.469 e. The fraction of sp³-hybridized carbons (Fsp3) is 0.176. The van der Waals surface area contributed by atoms with Gasteiger partial charge in [0, 0.05) is 16.0 Å². The molecule has 0 saturated carbocycles. The van der Waals surface area contributed by atoms with Gasteiger partial charge in [0.1, 0.15) is 0 Å². The Bertz CT molecular complexity index is 698. The third kappa shape index (κ3) is 5.23. The summed E-state index contributed by atoms with van der Waals surface area (Å²) in [6.45, 7) is 0. The first kappa shape index (κ1) is 17.2. The monoisotopic (exact) mass is 349 g/mol. The summed E-state index contributed by atoms with van der Waals surface area (Å²) in [4.78, 5) is 24.7. The number of esters is 1. The molecule has 0 bridgehead atoms. The number of hydrogen-bond acceptors (Lipinski definition) is 4. The van der Waals surface area contributed by atoms with Gasteiger partial charge in [-0.2, -0.15) is 0 Å². The van der Waals surface area contributed by atoms with Crippen molar-refractivity contribution in [3.05, 3.63) is 63.3 Å². The molecule has 0 aliphatic heterocycles. The molecule has 4 nitrogen and oxygen atoms in total. The molecule has 6 heteroatoms. The summed E-state index contributed by atoms with van der Waals surface area (Å²) in [5.74, 6) is -0.718. The lowest BCUT2D eigenvalue weighted by Crippen LogP contribution is -2.29. The van der Waals surface area contributed by atoms with E-state index in [-0.39, 0.29) is 12.3 Å². The van der Waals surface area contributed by atoms with E-state index >= 15 is 0 Å². The number of carbonyl (C=O) groups excluding carboxylic acids is 2. The number of carbonyl (C=O) groups is 2. The van der Waals surface area contributed by atoms with Crippen LogP contribution in [0.1, 0.15) is 22.9 Å². The highest BCUT2D eigenvalue weighted by Gasteiger charge is 2.20. The third-order valence-electron chi connectivity index (χ3n) is 3.14. The lowest BCUT2D eigenvalue weighted by atomic mass is 10.0. The summed E-state index contributed by atoms with van der Waals surface area (Å²) in [6.07, 6.45) is 3.17. The van der Waals surface area contributed by atoms with Crippen molar-refractivity contribution in [3.63, 3.8) is 0 Å². The van der Waals surface area contributed by atoms with Crippen LogP contribution in [0.25, 0.3) is 6.08 Å². The minimum atomic E-state index is -0.545. The van der Waals surface area contributed by atoms with E-state index in [1.54, 1.807) is 30.3 Å². The number of methoxy groups -OCH3 is 1. The van der Waals surface area contributed by atoms with E-state index in [9.17, 15) is 9.59 Å². The smallest absolute Gasteiger partial charge is 0.307 e. The van der Waals surface area contributed by atoms with Gasteiger partial charge in [0.25, 0.3) is 0 Å². The first-order valence-corrected chi connectivity index (χ1v) is 8.19. The fourth-order valence-electron chi connectivity index (χ4n) is 2.01. The van der Waals surface area contributed by atoms with Crippen LogP contribution >= 0.6 is 22.9 Å². The highest BCUT2D eigenvalue weighted by molar-refractivity contribution is 7.10. The van der Waals surface area contributed by atoms with Crippen LogP contribution in [0.4, 0.5) is 0 Å². The third-order valence-corrected chi connectivity index (χ3v) is 4.32. The predicted molar refractivity (Wildman–Crippen MR) is 92.3 cm³/mol. The van der Waals surface area contributed by atoms with E-state index in [2.05, 4.69) is 5.32 Å². The molecule has 1 aromatic carbocycles. The van der Waals surface area contributed by atoms with Crippen molar-refractivity contribution in [3.8, 4) is 0 Å². The molecule has 2 aromatic rings. The van der Waals surface area contributed by atoms with E-state index < -0.39 is 12.0 Å². The number of amides is 1.